The lowest BCUT2D eigenvalue weighted by Crippen LogP contribution is -2.48. The van der Waals surface area contributed by atoms with E-state index in [0.717, 1.165) is 37.5 Å². The number of carbonyl (C=O) groups is 1. The van der Waals surface area contributed by atoms with Crippen molar-refractivity contribution in [2.75, 3.05) is 5.32 Å². The zero-order valence-electron chi connectivity index (χ0n) is 14.4. The standard InChI is InChI=1S/C16H24N6O2/c1-4-12(16(23)18-13-8-10(3)24-21-13)17-11-6-7-15-20-19-14(5-2)22(15)9-11/h8,11-12,17H,4-7,9H2,1-3H3,(H,18,21,23)/t11-,12+/m0/s1. The highest BCUT2D eigenvalue weighted by molar-refractivity contribution is 5.94. The van der Waals surface area contributed by atoms with Crippen LogP contribution < -0.4 is 10.6 Å². The van der Waals surface area contributed by atoms with Crippen LogP contribution in [0.2, 0.25) is 0 Å². The first kappa shape index (κ1) is 16.6. The van der Waals surface area contributed by atoms with E-state index in [1.54, 1.807) is 13.0 Å². The molecule has 2 aromatic heterocycles. The van der Waals surface area contributed by atoms with Crippen LogP contribution in [0.1, 0.15) is 44.1 Å². The molecule has 1 aliphatic heterocycles. The number of hydrogen-bond donors (Lipinski definition) is 2. The third-order valence-electron chi connectivity index (χ3n) is 4.38. The van der Waals surface area contributed by atoms with Crippen LogP contribution in [-0.4, -0.2) is 37.9 Å². The molecule has 0 aliphatic carbocycles. The monoisotopic (exact) mass is 332 g/mol. The maximum Gasteiger partial charge on any atom is 0.242 e. The van der Waals surface area contributed by atoms with Crippen LogP contribution in [0.15, 0.2) is 10.6 Å². The van der Waals surface area contributed by atoms with E-state index in [4.69, 9.17) is 4.52 Å². The molecule has 2 atom stereocenters. The lowest BCUT2D eigenvalue weighted by Gasteiger charge is -2.28. The van der Waals surface area contributed by atoms with E-state index < -0.39 is 0 Å². The van der Waals surface area contributed by atoms with Gasteiger partial charge in [-0.1, -0.05) is 19.0 Å². The predicted molar refractivity (Wildman–Crippen MR) is 88.6 cm³/mol. The number of nitrogens with one attached hydrogen (secondary N) is 2. The van der Waals surface area contributed by atoms with Gasteiger partial charge in [0, 0.05) is 31.5 Å². The smallest absolute Gasteiger partial charge is 0.242 e. The largest absolute Gasteiger partial charge is 0.360 e. The molecule has 1 amide bonds. The molecule has 0 aromatic carbocycles. The molecular formula is C16H24N6O2. The van der Waals surface area contributed by atoms with Gasteiger partial charge in [0.1, 0.15) is 17.4 Å². The number of hydrogen-bond acceptors (Lipinski definition) is 6. The van der Waals surface area contributed by atoms with Crippen molar-refractivity contribution in [1.82, 2.24) is 25.2 Å². The topological polar surface area (TPSA) is 97.9 Å². The first-order valence-electron chi connectivity index (χ1n) is 8.51. The minimum absolute atomic E-state index is 0.0870. The minimum atomic E-state index is -0.268. The molecular weight excluding hydrogens is 308 g/mol. The summed E-state index contributed by atoms with van der Waals surface area (Å²) in [4.78, 5) is 12.5. The van der Waals surface area contributed by atoms with E-state index in [-0.39, 0.29) is 18.0 Å². The quantitative estimate of drug-likeness (QED) is 0.831. The number of aryl methyl sites for hydroxylation is 3. The minimum Gasteiger partial charge on any atom is -0.360 e. The number of aromatic nitrogens is 4. The van der Waals surface area contributed by atoms with Gasteiger partial charge < -0.3 is 19.7 Å². The van der Waals surface area contributed by atoms with E-state index in [2.05, 4.69) is 37.5 Å². The summed E-state index contributed by atoms with van der Waals surface area (Å²) in [6.45, 7) is 6.67. The molecule has 0 saturated carbocycles. The van der Waals surface area contributed by atoms with E-state index in [0.29, 0.717) is 18.0 Å². The average Bonchev–Trinajstić information content (AvgIpc) is 3.17. The van der Waals surface area contributed by atoms with Crippen LogP contribution in [-0.2, 0) is 24.2 Å². The van der Waals surface area contributed by atoms with Gasteiger partial charge in [0.25, 0.3) is 0 Å². The van der Waals surface area contributed by atoms with Crippen LogP contribution in [0, 0.1) is 6.92 Å². The van der Waals surface area contributed by atoms with E-state index in [9.17, 15) is 4.79 Å². The fraction of sp³-hybridized carbons (Fsp3) is 0.625. The summed E-state index contributed by atoms with van der Waals surface area (Å²) in [6, 6.07) is 1.67. The van der Waals surface area contributed by atoms with Crippen molar-refractivity contribution < 1.29 is 9.32 Å². The zero-order valence-corrected chi connectivity index (χ0v) is 14.4. The van der Waals surface area contributed by atoms with Gasteiger partial charge in [-0.25, -0.2) is 0 Å². The Morgan fingerprint density at radius 3 is 2.96 bits per heavy atom. The van der Waals surface area contributed by atoms with Crippen molar-refractivity contribution in [3.63, 3.8) is 0 Å². The second-order valence-corrected chi connectivity index (χ2v) is 6.17. The molecule has 0 saturated heterocycles. The molecule has 8 heteroatoms. The molecule has 130 valence electrons. The Bertz CT molecular complexity index is 694. The summed E-state index contributed by atoms with van der Waals surface area (Å²) in [7, 11) is 0. The molecule has 2 aromatic rings. The van der Waals surface area contributed by atoms with Gasteiger partial charge in [0.2, 0.25) is 5.91 Å². The number of fused-ring (bicyclic) bond motifs is 1. The summed E-state index contributed by atoms with van der Waals surface area (Å²) in [6.07, 6.45) is 3.40. The summed E-state index contributed by atoms with van der Waals surface area (Å²) in [5.41, 5.74) is 0. The average molecular weight is 332 g/mol. The molecule has 24 heavy (non-hydrogen) atoms. The number of rotatable bonds is 6. The normalized spacial score (nSPS) is 18.2. The van der Waals surface area contributed by atoms with E-state index in [1.807, 2.05) is 6.92 Å². The fourth-order valence-electron chi connectivity index (χ4n) is 3.08. The van der Waals surface area contributed by atoms with Gasteiger partial charge in [-0.05, 0) is 19.8 Å². The van der Waals surface area contributed by atoms with Crippen molar-refractivity contribution >= 4 is 11.7 Å². The molecule has 2 N–H and O–H groups in total. The maximum absolute atomic E-state index is 12.5. The third-order valence-corrected chi connectivity index (χ3v) is 4.38. The van der Waals surface area contributed by atoms with Crippen LogP contribution in [0.3, 0.4) is 0 Å². The Hall–Kier alpha value is -2.22. The van der Waals surface area contributed by atoms with Crippen molar-refractivity contribution in [3.05, 3.63) is 23.5 Å². The molecule has 0 fully saturated rings. The molecule has 8 nitrogen and oxygen atoms in total. The van der Waals surface area contributed by atoms with Gasteiger partial charge in [-0.3, -0.25) is 4.79 Å². The molecule has 1 aliphatic rings. The van der Waals surface area contributed by atoms with Crippen LogP contribution in [0.25, 0.3) is 0 Å². The van der Waals surface area contributed by atoms with Gasteiger partial charge in [0.05, 0.1) is 6.04 Å². The third kappa shape index (κ3) is 3.48. The van der Waals surface area contributed by atoms with Crippen molar-refractivity contribution in [3.8, 4) is 0 Å². The number of carbonyl (C=O) groups excluding carboxylic acids is 1. The summed E-state index contributed by atoms with van der Waals surface area (Å²) in [5.74, 6) is 3.09. The zero-order chi connectivity index (χ0) is 17.1. The highest BCUT2D eigenvalue weighted by Crippen LogP contribution is 2.17. The highest BCUT2D eigenvalue weighted by atomic mass is 16.5. The Morgan fingerprint density at radius 2 is 2.29 bits per heavy atom. The second kappa shape index (κ2) is 7.12. The van der Waals surface area contributed by atoms with Gasteiger partial charge in [-0.2, -0.15) is 0 Å². The Labute approximate surface area is 141 Å². The summed E-state index contributed by atoms with van der Waals surface area (Å²) >= 11 is 0. The second-order valence-electron chi connectivity index (χ2n) is 6.17. The van der Waals surface area contributed by atoms with Crippen LogP contribution in [0.4, 0.5) is 5.82 Å². The van der Waals surface area contributed by atoms with E-state index in [1.165, 1.54) is 0 Å². The molecule has 0 bridgehead atoms. The Morgan fingerprint density at radius 1 is 1.46 bits per heavy atom. The first-order valence-corrected chi connectivity index (χ1v) is 8.51. The molecule has 3 heterocycles. The van der Waals surface area contributed by atoms with Crippen LogP contribution in [0.5, 0.6) is 0 Å². The summed E-state index contributed by atoms with van der Waals surface area (Å²) in [5, 5.41) is 18.6. The lowest BCUT2D eigenvalue weighted by molar-refractivity contribution is -0.118. The van der Waals surface area contributed by atoms with Crippen molar-refractivity contribution in [2.24, 2.45) is 0 Å². The summed E-state index contributed by atoms with van der Waals surface area (Å²) < 4.78 is 7.16. The Balaban J connectivity index is 1.62. The maximum atomic E-state index is 12.5. The van der Waals surface area contributed by atoms with Gasteiger partial charge in [0.15, 0.2) is 5.82 Å². The molecule has 3 rings (SSSR count). The number of amides is 1. The molecule has 0 spiro atoms. The number of anilines is 1. The lowest BCUT2D eigenvalue weighted by atomic mass is 10.0. The fourth-order valence-corrected chi connectivity index (χ4v) is 3.08. The van der Waals surface area contributed by atoms with Crippen molar-refractivity contribution in [1.29, 1.82) is 0 Å². The van der Waals surface area contributed by atoms with E-state index >= 15 is 0 Å². The van der Waals surface area contributed by atoms with Gasteiger partial charge in [-0.15, -0.1) is 10.2 Å². The molecule has 0 radical (unpaired) electrons. The first-order chi connectivity index (χ1) is 11.6. The molecule has 0 unspecified atom stereocenters. The highest BCUT2D eigenvalue weighted by Gasteiger charge is 2.26. The SMILES string of the molecule is CCc1nnc2n1C[C@@H](N[C@H](CC)C(=O)Nc1cc(C)on1)CC2. The predicted octanol–water partition coefficient (Wildman–Crippen LogP) is 1.46. The van der Waals surface area contributed by atoms with Crippen molar-refractivity contribution in [2.45, 2.75) is 65.1 Å². The Kier molecular flexibility index (Phi) is 4.94. The van der Waals surface area contributed by atoms with Crippen LogP contribution >= 0.6 is 0 Å². The van der Waals surface area contributed by atoms with Gasteiger partial charge >= 0.3 is 0 Å². The number of nitrogens with zero attached hydrogens (tertiary/aromatic N) is 4.